The number of hydrogen-bond donors (Lipinski definition) is 1. The number of nitrogens with zero attached hydrogens (tertiary/aromatic N) is 3. The molecule has 14 heavy (non-hydrogen) atoms. The van der Waals surface area contributed by atoms with E-state index < -0.39 is 5.41 Å². The molecule has 1 heterocycles. The molecule has 0 saturated carbocycles. The van der Waals surface area contributed by atoms with Crippen molar-refractivity contribution in [1.82, 2.24) is 10.2 Å². The predicted molar refractivity (Wildman–Crippen MR) is 52.7 cm³/mol. The first kappa shape index (κ1) is 10.6. The normalized spacial score (nSPS) is 10.7. The predicted octanol–water partition coefficient (Wildman–Crippen LogP) is 1.33. The zero-order chi connectivity index (χ0) is 10.8. The van der Waals surface area contributed by atoms with Crippen LogP contribution < -0.4 is 5.32 Å². The fraction of sp³-hybridized carbons (Fsp3) is 0.500. The average Bonchev–Trinajstić information content (AvgIpc) is 2.51. The Morgan fingerprint density at radius 1 is 1.57 bits per heavy atom. The van der Waals surface area contributed by atoms with Gasteiger partial charge in [-0.05, 0) is 20.8 Å². The maximum absolute atomic E-state index is 11.5. The maximum Gasteiger partial charge on any atom is 0.246 e. The summed E-state index contributed by atoms with van der Waals surface area (Å²) in [6, 6.07) is 1.91. The number of amides is 1. The highest BCUT2D eigenvalue weighted by molar-refractivity contribution is 7.15. The van der Waals surface area contributed by atoms with E-state index in [2.05, 4.69) is 15.5 Å². The third-order valence-electron chi connectivity index (χ3n) is 1.59. The zero-order valence-corrected chi connectivity index (χ0v) is 8.97. The van der Waals surface area contributed by atoms with Crippen molar-refractivity contribution in [3.63, 3.8) is 0 Å². The SMILES string of the molecule is Cc1nnc(NC(=O)C(C)(C)C#N)s1. The lowest BCUT2D eigenvalue weighted by Gasteiger charge is -2.12. The van der Waals surface area contributed by atoms with Gasteiger partial charge in [-0.15, -0.1) is 10.2 Å². The van der Waals surface area contributed by atoms with Gasteiger partial charge in [-0.25, -0.2) is 0 Å². The second-order valence-electron chi connectivity index (χ2n) is 3.32. The number of rotatable bonds is 2. The van der Waals surface area contributed by atoms with Crippen LogP contribution in [0.2, 0.25) is 0 Å². The van der Waals surface area contributed by atoms with E-state index in [1.165, 1.54) is 11.3 Å². The largest absolute Gasteiger partial charge is 0.299 e. The standard InChI is InChI=1S/C8H10N4OS/c1-5-11-12-7(14-5)10-6(13)8(2,3)4-9/h1-3H3,(H,10,12,13). The third kappa shape index (κ3) is 2.26. The van der Waals surface area contributed by atoms with Crippen molar-refractivity contribution >= 4 is 22.4 Å². The van der Waals surface area contributed by atoms with Gasteiger partial charge in [-0.1, -0.05) is 11.3 Å². The van der Waals surface area contributed by atoms with Crippen molar-refractivity contribution in [2.75, 3.05) is 5.32 Å². The molecule has 6 heteroatoms. The van der Waals surface area contributed by atoms with E-state index in [1.54, 1.807) is 20.8 Å². The first-order chi connectivity index (χ1) is 6.45. The molecule has 0 radical (unpaired) electrons. The summed E-state index contributed by atoms with van der Waals surface area (Å²) in [5.74, 6) is -0.365. The molecule has 0 aliphatic heterocycles. The van der Waals surface area contributed by atoms with Gasteiger partial charge in [0.05, 0.1) is 6.07 Å². The van der Waals surface area contributed by atoms with Gasteiger partial charge in [0, 0.05) is 0 Å². The van der Waals surface area contributed by atoms with E-state index in [1.807, 2.05) is 6.07 Å². The Morgan fingerprint density at radius 3 is 2.64 bits per heavy atom. The number of nitrogens with one attached hydrogen (secondary N) is 1. The van der Waals surface area contributed by atoms with Crippen molar-refractivity contribution < 1.29 is 4.79 Å². The monoisotopic (exact) mass is 210 g/mol. The molecule has 1 aromatic heterocycles. The van der Waals surface area contributed by atoms with Crippen molar-refractivity contribution in [2.45, 2.75) is 20.8 Å². The molecule has 0 saturated heterocycles. The van der Waals surface area contributed by atoms with E-state index in [0.717, 1.165) is 5.01 Å². The zero-order valence-electron chi connectivity index (χ0n) is 8.16. The number of aryl methyl sites for hydroxylation is 1. The molecule has 1 amide bonds. The van der Waals surface area contributed by atoms with Crippen LogP contribution >= 0.6 is 11.3 Å². The van der Waals surface area contributed by atoms with Crippen LogP contribution in [0.1, 0.15) is 18.9 Å². The molecule has 0 fully saturated rings. The third-order valence-corrected chi connectivity index (χ3v) is 2.35. The second-order valence-corrected chi connectivity index (χ2v) is 4.50. The summed E-state index contributed by atoms with van der Waals surface area (Å²) < 4.78 is 0. The van der Waals surface area contributed by atoms with Gasteiger partial charge in [-0.3, -0.25) is 10.1 Å². The fourth-order valence-corrected chi connectivity index (χ4v) is 1.24. The second kappa shape index (κ2) is 3.72. The molecular formula is C8H10N4OS. The van der Waals surface area contributed by atoms with Gasteiger partial charge >= 0.3 is 0 Å². The van der Waals surface area contributed by atoms with Crippen molar-refractivity contribution in [3.05, 3.63) is 5.01 Å². The molecule has 0 spiro atoms. The van der Waals surface area contributed by atoms with E-state index in [9.17, 15) is 4.79 Å². The van der Waals surface area contributed by atoms with Gasteiger partial charge in [0.25, 0.3) is 0 Å². The molecular weight excluding hydrogens is 200 g/mol. The van der Waals surface area contributed by atoms with Crippen LogP contribution in [0.15, 0.2) is 0 Å². The number of nitriles is 1. The minimum atomic E-state index is -1.04. The van der Waals surface area contributed by atoms with Crippen LogP contribution in [0.25, 0.3) is 0 Å². The topological polar surface area (TPSA) is 78.7 Å². The quantitative estimate of drug-likeness (QED) is 0.798. The lowest BCUT2D eigenvalue weighted by atomic mass is 9.95. The van der Waals surface area contributed by atoms with E-state index in [4.69, 9.17) is 5.26 Å². The molecule has 0 aliphatic rings. The minimum Gasteiger partial charge on any atom is -0.299 e. The average molecular weight is 210 g/mol. The Hall–Kier alpha value is -1.48. The molecule has 0 unspecified atom stereocenters. The maximum atomic E-state index is 11.5. The first-order valence-electron chi connectivity index (χ1n) is 3.98. The van der Waals surface area contributed by atoms with E-state index in [0.29, 0.717) is 5.13 Å². The highest BCUT2D eigenvalue weighted by Gasteiger charge is 2.27. The summed E-state index contributed by atoms with van der Waals surface area (Å²) in [4.78, 5) is 11.5. The van der Waals surface area contributed by atoms with E-state index in [-0.39, 0.29) is 5.91 Å². The lowest BCUT2D eigenvalue weighted by molar-refractivity contribution is -0.121. The van der Waals surface area contributed by atoms with Gasteiger partial charge in [0.2, 0.25) is 11.0 Å². The number of aromatic nitrogens is 2. The number of hydrogen-bond acceptors (Lipinski definition) is 5. The highest BCUT2D eigenvalue weighted by atomic mass is 32.1. The van der Waals surface area contributed by atoms with Crippen LogP contribution in [-0.2, 0) is 4.79 Å². The Morgan fingerprint density at radius 2 is 2.21 bits per heavy atom. The number of anilines is 1. The van der Waals surface area contributed by atoms with Crippen LogP contribution in [-0.4, -0.2) is 16.1 Å². The Balaban J connectivity index is 2.72. The molecule has 1 N–H and O–H groups in total. The molecule has 5 nitrogen and oxygen atoms in total. The number of carbonyl (C=O) groups is 1. The fourth-order valence-electron chi connectivity index (χ4n) is 0.651. The first-order valence-corrected chi connectivity index (χ1v) is 4.80. The Labute approximate surface area is 85.8 Å². The van der Waals surface area contributed by atoms with Gasteiger partial charge < -0.3 is 0 Å². The van der Waals surface area contributed by atoms with Gasteiger partial charge in [0.15, 0.2) is 0 Å². The summed E-state index contributed by atoms with van der Waals surface area (Å²) in [6.07, 6.45) is 0. The lowest BCUT2D eigenvalue weighted by Crippen LogP contribution is -2.29. The van der Waals surface area contributed by atoms with Gasteiger partial charge in [0.1, 0.15) is 10.4 Å². The summed E-state index contributed by atoms with van der Waals surface area (Å²) in [5, 5.41) is 19.9. The van der Waals surface area contributed by atoms with Crippen molar-refractivity contribution in [3.8, 4) is 6.07 Å². The Bertz CT molecular complexity index is 390. The highest BCUT2D eigenvalue weighted by Crippen LogP contribution is 2.19. The molecule has 0 bridgehead atoms. The summed E-state index contributed by atoms with van der Waals surface area (Å²) in [7, 11) is 0. The van der Waals surface area contributed by atoms with Crippen LogP contribution in [0.5, 0.6) is 0 Å². The van der Waals surface area contributed by atoms with Crippen LogP contribution in [0, 0.1) is 23.7 Å². The smallest absolute Gasteiger partial charge is 0.246 e. The van der Waals surface area contributed by atoms with Crippen LogP contribution in [0.4, 0.5) is 5.13 Å². The summed E-state index contributed by atoms with van der Waals surface area (Å²) in [5.41, 5.74) is -1.04. The molecule has 0 aromatic carbocycles. The van der Waals surface area contributed by atoms with Gasteiger partial charge in [-0.2, -0.15) is 5.26 Å². The summed E-state index contributed by atoms with van der Waals surface area (Å²) >= 11 is 1.28. The molecule has 0 atom stereocenters. The minimum absolute atomic E-state index is 0.365. The Kier molecular flexibility index (Phi) is 2.81. The number of carbonyl (C=O) groups excluding carboxylic acids is 1. The molecule has 1 aromatic rings. The molecule has 74 valence electrons. The van der Waals surface area contributed by atoms with E-state index >= 15 is 0 Å². The summed E-state index contributed by atoms with van der Waals surface area (Å²) in [6.45, 7) is 4.90. The molecule has 0 aliphatic carbocycles. The van der Waals surface area contributed by atoms with Crippen LogP contribution in [0.3, 0.4) is 0 Å². The van der Waals surface area contributed by atoms with Crippen molar-refractivity contribution in [2.24, 2.45) is 5.41 Å². The van der Waals surface area contributed by atoms with Crippen molar-refractivity contribution in [1.29, 1.82) is 5.26 Å². The molecule has 1 rings (SSSR count).